The van der Waals surface area contributed by atoms with Crippen LogP contribution in [0.25, 0.3) is 0 Å². The van der Waals surface area contributed by atoms with Crippen LogP contribution in [0.5, 0.6) is 0 Å². The number of pyridine rings is 1. The fourth-order valence-electron chi connectivity index (χ4n) is 1.31. The van der Waals surface area contributed by atoms with E-state index >= 15 is 0 Å². The zero-order valence-electron chi connectivity index (χ0n) is 9.59. The molecule has 3 N–H and O–H groups in total. The Balaban J connectivity index is 2.06. The summed E-state index contributed by atoms with van der Waals surface area (Å²) in [6.07, 6.45) is 1.49. The van der Waals surface area contributed by atoms with Crippen LogP contribution in [0.1, 0.15) is 16.2 Å². The highest BCUT2D eigenvalue weighted by molar-refractivity contribution is 7.14. The molecule has 0 saturated heterocycles. The number of carbonyl (C=O) groups excluding carboxylic acids is 2. The predicted octanol–water partition coefficient (Wildman–Crippen LogP) is 1.47. The molecule has 0 unspecified atom stereocenters. The molecule has 2 rings (SSSR count). The van der Waals surface area contributed by atoms with Crippen molar-refractivity contribution >= 4 is 39.9 Å². The number of carbonyl (C=O) groups is 2. The summed E-state index contributed by atoms with van der Waals surface area (Å²) < 4.78 is 0. The molecule has 0 atom stereocenters. The van der Waals surface area contributed by atoms with E-state index in [4.69, 9.17) is 17.3 Å². The number of primary amides is 1. The first-order valence-electron chi connectivity index (χ1n) is 5.20. The SMILES string of the molecule is NC(=O)Cc1csc(NC(=O)c2cc(Cl)ccn2)n1. The van der Waals surface area contributed by atoms with E-state index in [0.29, 0.717) is 15.8 Å². The molecule has 0 aromatic carbocycles. The maximum absolute atomic E-state index is 11.8. The lowest BCUT2D eigenvalue weighted by Gasteiger charge is -2.00. The average Bonchev–Trinajstić information content (AvgIpc) is 2.75. The third-order valence-corrected chi connectivity index (χ3v) is 3.12. The molecule has 0 saturated carbocycles. The molecule has 0 bridgehead atoms. The Morgan fingerprint density at radius 1 is 1.47 bits per heavy atom. The van der Waals surface area contributed by atoms with Crippen LogP contribution < -0.4 is 11.1 Å². The first-order valence-corrected chi connectivity index (χ1v) is 6.46. The number of anilines is 1. The number of aromatic nitrogens is 2. The van der Waals surface area contributed by atoms with Crippen molar-refractivity contribution in [1.82, 2.24) is 9.97 Å². The van der Waals surface area contributed by atoms with E-state index in [-0.39, 0.29) is 12.1 Å². The Hall–Kier alpha value is -1.99. The Kier molecular flexibility index (Phi) is 4.08. The first-order chi connectivity index (χ1) is 9.04. The predicted molar refractivity (Wildman–Crippen MR) is 72.2 cm³/mol. The van der Waals surface area contributed by atoms with Gasteiger partial charge in [0, 0.05) is 16.6 Å². The van der Waals surface area contributed by atoms with Gasteiger partial charge in [0.15, 0.2) is 5.13 Å². The fourth-order valence-corrected chi connectivity index (χ4v) is 2.18. The first kappa shape index (κ1) is 13.4. The van der Waals surface area contributed by atoms with E-state index in [1.807, 2.05) is 0 Å². The number of nitrogens with zero attached hydrogens (tertiary/aromatic N) is 2. The van der Waals surface area contributed by atoms with Gasteiger partial charge < -0.3 is 5.73 Å². The molecule has 2 aromatic rings. The summed E-state index contributed by atoms with van der Waals surface area (Å²) >= 11 is 6.98. The second-order valence-electron chi connectivity index (χ2n) is 3.60. The molecule has 0 spiro atoms. The Morgan fingerprint density at radius 3 is 2.95 bits per heavy atom. The van der Waals surface area contributed by atoms with Gasteiger partial charge in [-0.3, -0.25) is 19.9 Å². The summed E-state index contributed by atoms with van der Waals surface area (Å²) in [6.45, 7) is 0. The molecular formula is C11H9ClN4O2S. The second kappa shape index (κ2) is 5.77. The molecule has 2 amide bonds. The highest BCUT2D eigenvalue weighted by Crippen LogP contribution is 2.17. The Labute approximate surface area is 117 Å². The van der Waals surface area contributed by atoms with Crippen molar-refractivity contribution in [3.05, 3.63) is 40.1 Å². The summed E-state index contributed by atoms with van der Waals surface area (Å²) in [7, 11) is 0. The maximum atomic E-state index is 11.8. The van der Waals surface area contributed by atoms with Gasteiger partial charge in [0.2, 0.25) is 5.91 Å². The van der Waals surface area contributed by atoms with Crippen LogP contribution in [-0.4, -0.2) is 21.8 Å². The van der Waals surface area contributed by atoms with E-state index in [1.54, 1.807) is 11.4 Å². The van der Waals surface area contributed by atoms with Crippen LogP contribution in [0.2, 0.25) is 5.02 Å². The highest BCUT2D eigenvalue weighted by Gasteiger charge is 2.11. The van der Waals surface area contributed by atoms with Gasteiger partial charge in [-0.2, -0.15) is 0 Å². The minimum atomic E-state index is -0.473. The normalized spacial score (nSPS) is 10.2. The molecular weight excluding hydrogens is 288 g/mol. The van der Waals surface area contributed by atoms with Crippen molar-refractivity contribution < 1.29 is 9.59 Å². The highest BCUT2D eigenvalue weighted by atomic mass is 35.5. The second-order valence-corrected chi connectivity index (χ2v) is 4.90. The third-order valence-electron chi connectivity index (χ3n) is 2.08. The summed E-state index contributed by atoms with van der Waals surface area (Å²) in [5, 5.41) is 5.04. The van der Waals surface area contributed by atoms with Crippen molar-refractivity contribution in [2.75, 3.05) is 5.32 Å². The molecule has 0 aliphatic heterocycles. The van der Waals surface area contributed by atoms with E-state index in [0.717, 1.165) is 0 Å². The Bertz CT molecular complexity index is 629. The summed E-state index contributed by atoms with van der Waals surface area (Å²) in [5.41, 5.74) is 5.77. The van der Waals surface area contributed by atoms with Crippen LogP contribution in [-0.2, 0) is 11.2 Å². The smallest absolute Gasteiger partial charge is 0.276 e. The molecule has 6 nitrogen and oxygen atoms in total. The molecule has 8 heteroatoms. The number of hydrogen-bond acceptors (Lipinski definition) is 5. The Morgan fingerprint density at radius 2 is 2.26 bits per heavy atom. The zero-order chi connectivity index (χ0) is 13.8. The maximum Gasteiger partial charge on any atom is 0.276 e. The van der Waals surface area contributed by atoms with E-state index < -0.39 is 11.8 Å². The van der Waals surface area contributed by atoms with Gasteiger partial charge in [0.05, 0.1) is 12.1 Å². The zero-order valence-corrected chi connectivity index (χ0v) is 11.2. The van der Waals surface area contributed by atoms with E-state index in [1.165, 1.54) is 23.6 Å². The fraction of sp³-hybridized carbons (Fsp3) is 0.0909. The molecule has 0 radical (unpaired) electrons. The lowest BCUT2D eigenvalue weighted by atomic mass is 10.3. The number of amides is 2. The van der Waals surface area contributed by atoms with Crippen LogP contribution in [0.3, 0.4) is 0 Å². The molecule has 2 heterocycles. The number of nitrogens with one attached hydrogen (secondary N) is 1. The van der Waals surface area contributed by atoms with Crippen molar-refractivity contribution in [3.8, 4) is 0 Å². The standard InChI is InChI=1S/C11H9ClN4O2S/c12-6-1-2-14-8(3-6)10(18)16-11-15-7(5-19-11)4-9(13)17/h1-3,5H,4H2,(H2,13,17)(H,15,16,18). The quantitative estimate of drug-likeness (QED) is 0.892. The lowest BCUT2D eigenvalue weighted by Crippen LogP contribution is -2.15. The van der Waals surface area contributed by atoms with E-state index in [9.17, 15) is 9.59 Å². The van der Waals surface area contributed by atoms with Crippen molar-refractivity contribution in [3.63, 3.8) is 0 Å². The monoisotopic (exact) mass is 296 g/mol. The van der Waals surface area contributed by atoms with Gasteiger partial charge >= 0.3 is 0 Å². The number of thiazole rings is 1. The molecule has 2 aromatic heterocycles. The minimum Gasteiger partial charge on any atom is -0.369 e. The van der Waals surface area contributed by atoms with Crippen LogP contribution in [0.4, 0.5) is 5.13 Å². The minimum absolute atomic E-state index is 0.0434. The molecule has 0 aliphatic carbocycles. The van der Waals surface area contributed by atoms with Gasteiger partial charge in [-0.15, -0.1) is 11.3 Å². The van der Waals surface area contributed by atoms with Crippen LogP contribution >= 0.6 is 22.9 Å². The van der Waals surface area contributed by atoms with Crippen molar-refractivity contribution in [1.29, 1.82) is 0 Å². The van der Waals surface area contributed by atoms with Crippen LogP contribution in [0.15, 0.2) is 23.7 Å². The van der Waals surface area contributed by atoms with Gasteiger partial charge in [-0.25, -0.2) is 4.98 Å². The third kappa shape index (κ3) is 3.73. The topological polar surface area (TPSA) is 98.0 Å². The van der Waals surface area contributed by atoms with Gasteiger partial charge in [0.25, 0.3) is 5.91 Å². The molecule has 0 aliphatic rings. The van der Waals surface area contributed by atoms with E-state index in [2.05, 4.69) is 15.3 Å². The van der Waals surface area contributed by atoms with Crippen molar-refractivity contribution in [2.24, 2.45) is 5.73 Å². The van der Waals surface area contributed by atoms with Crippen molar-refractivity contribution in [2.45, 2.75) is 6.42 Å². The summed E-state index contributed by atoms with van der Waals surface area (Å²) in [6, 6.07) is 3.03. The summed E-state index contributed by atoms with van der Waals surface area (Å²) in [4.78, 5) is 30.5. The molecule has 19 heavy (non-hydrogen) atoms. The molecule has 98 valence electrons. The number of rotatable bonds is 4. The van der Waals surface area contributed by atoms with Crippen LogP contribution in [0, 0.1) is 0 Å². The van der Waals surface area contributed by atoms with Gasteiger partial charge in [0.1, 0.15) is 5.69 Å². The summed E-state index contributed by atoms with van der Waals surface area (Å²) in [5.74, 6) is -0.887. The largest absolute Gasteiger partial charge is 0.369 e. The number of nitrogens with two attached hydrogens (primary N) is 1. The van der Waals surface area contributed by atoms with Gasteiger partial charge in [-0.1, -0.05) is 11.6 Å². The number of hydrogen-bond donors (Lipinski definition) is 2. The average molecular weight is 297 g/mol. The number of halogens is 1. The lowest BCUT2D eigenvalue weighted by molar-refractivity contribution is -0.117. The van der Waals surface area contributed by atoms with Gasteiger partial charge in [-0.05, 0) is 12.1 Å². The molecule has 0 fully saturated rings.